The highest BCUT2D eigenvalue weighted by atomic mass is 32.1. The predicted molar refractivity (Wildman–Crippen MR) is 103 cm³/mol. The molecular weight excluding hydrogens is 312 g/mol. The first kappa shape index (κ1) is 14.7. The van der Waals surface area contributed by atoms with Gasteiger partial charge in [-0.2, -0.15) is 0 Å². The second-order valence-electron chi connectivity index (χ2n) is 5.47. The summed E-state index contributed by atoms with van der Waals surface area (Å²) in [5, 5.41) is 3.35. The van der Waals surface area contributed by atoms with Crippen LogP contribution in [0.3, 0.4) is 0 Å². The monoisotopic (exact) mass is 328 g/mol. The predicted octanol–water partition coefficient (Wildman–Crippen LogP) is 6.22. The number of nitrogens with one attached hydrogen (secondary N) is 1. The molecule has 0 aliphatic heterocycles. The third-order valence-corrected chi connectivity index (χ3v) is 4.97. The van der Waals surface area contributed by atoms with Gasteiger partial charge >= 0.3 is 0 Å². The van der Waals surface area contributed by atoms with Crippen LogP contribution in [0.5, 0.6) is 0 Å². The van der Waals surface area contributed by atoms with E-state index in [1.54, 1.807) is 6.20 Å². The molecule has 0 bridgehead atoms. The van der Waals surface area contributed by atoms with Crippen molar-refractivity contribution < 1.29 is 0 Å². The molecule has 0 saturated carbocycles. The van der Waals surface area contributed by atoms with Crippen molar-refractivity contribution in [2.45, 2.75) is 0 Å². The standard InChI is InChI=1S/C21H16N2S/c1-2-5-16(6-3-1)20-12-13-21(24-20)17-8-10-18(11-9-17)23-19-7-4-14-22-15-19/h1-15,23H. The summed E-state index contributed by atoms with van der Waals surface area (Å²) >= 11 is 1.82. The number of aromatic nitrogens is 1. The van der Waals surface area contributed by atoms with Crippen LogP contribution >= 0.6 is 11.3 Å². The summed E-state index contributed by atoms with van der Waals surface area (Å²) in [6.45, 7) is 0. The average Bonchev–Trinajstić information content (AvgIpc) is 3.14. The summed E-state index contributed by atoms with van der Waals surface area (Å²) in [5.41, 5.74) is 4.56. The minimum absolute atomic E-state index is 0.993. The Morgan fingerprint density at radius 3 is 2.00 bits per heavy atom. The quantitative estimate of drug-likeness (QED) is 0.481. The molecular formula is C21H16N2S. The van der Waals surface area contributed by atoms with E-state index in [1.807, 2.05) is 35.7 Å². The summed E-state index contributed by atoms with van der Waals surface area (Å²) in [7, 11) is 0. The molecule has 0 unspecified atom stereocenters. The summed E-state index contributed by atoms with van der Waals surface area (Å²) in [4.78, 5) is 6.69. The Hall–Kier alpha value is -2.91. The Bertz CT molecular complexity index is 913. The van der Waals surface area contributed by atoms with E-state index in [4.69, 9.17) is 0 Å². The van der Waals surface area contributed by atoms with Gasteiger partial charge in [0.2, 0.25) is 0 Å². The summed E-state index contributed by atoms with van der Waals surface area (Å²) < 4.78 is 0. The molecule has 0 atom stereocenters. The molecule has 0 radical (unpaired) electrons. The van der Waals surface area contributed by atoms with Crippen LogP contribution in [0.15, 0.2) is 91.3 Å². The maximum Gasteiger partial charge on any atom is 0.0570 e. The zero-order valence-corrected chi connectivity index (χ0v) is 13.8. The first-order chi connectivity index (χ1) is 11.9. The SMILES string of the molecule is c1ccc(-c2ccc(-c3ccc(Nc4cccnc4)cc3)s2)cc1. The van der Waals surface area contributed by atoms with E-state index in [-0.39, 0.29) is 0 Å². The van der Waals surface area contributed by atoms with Gasteiger partial charge in [-0.15, -0.1) is 11.3 Å². The topological polar surface area (TPSA) is 24.9 Å². The summed E-state index contributed by atoms with van der Waals surface area (Å²) in [6, 6.07) is 27.3. The molecule has 2 aromatic carbocycles. The minimum Gasteiger partial charge on any atom is -0.354 e. The van der Waals surface area contributed by atoms with E-state index in [0.717, 1.165) is 11.4 Å². The van der Waals surface area contributed by atoms with E-state index in [9.17, 15) is 0 Å². The maximum absolute atomic E-state index is 4.12. The molecule has 24 heavy (non-hydrogen) atoms. The molecule has 1 N–H and O–H groups in total. The van der Waals surface area contributed by atoms with Gasteiger partial charge in [0.05, 0.1) is 11.9 Å². The molecule has 4 rings (SSSR count). The lowest BCUT2D eigenvalue weighted by molar-refractivity contribution is 1.32. The van der Waals surface area contributed by atoms with Crippen molar-refractivity contribution in [2.75, 3.05) is 5.32 Å². The largest absolute Gasteiger partial charge is 0.354 e. The van der Waals surface area contributed by atoms with E-state index in [2.05, 4.69) is 71.0 Å². The highest BCUT2D eigenvalue weighted by Gasteiger charge is 2.05. The maximum atomic E-state index is 4.12. The highest BCUT2D eigenvalue weighted by molar-refractivity contribution is 7.18. The fourth-order valence-electron chi connectivity index (χ4n) is 2.57. The van der Waals surface area contributed by atoms with Crippen LogP contribution in [0.4, 0.5) is 11.4 Å². The van der Waals surface area contributed by atoms with Gasteiger partial charge in [-0.05, 0) is 47.5 Å². The van der Waals surface area contributed by atoms with Crippen molar-refractivity contribution in [1.29, 1.82) is 0 Å². The Morgan fingerprint density at radius 2 is 1.33 bits per heavy atom. The summed E-state index contributed by atoms with van der Waals surface area (Å²) in [5.74, 6) is 0. The van der Waals surface area contributed by atoms with Crippen molar-refractivity contribution in [3.05, 3.63) is 91.3 Å². The van der Waals surface area contributed by atoms with Gasteiger partial charge in [0.25, 0.3) is 0 Å². The molecule has 0 spiro atoms. The molecule has 3 heteroatoms. The zero-order chi connectivity index (χ0) is 16.2. The van der Waals surface area contributed by atoms with Crippen LogP contribution in [-0.4, -0.2) is 4.98 Å². The number of thiophene rings is 1. The fourth-order valence-corrected chi connectivity index (χ4v) is 3.59. The van der Waals surface area contributed by atoms with Gasteiger partial charge in [0.1, 0.15) is 0 Å². The Morgan fingerprint density at radius 1 is 0.625 bits per heavy atom. The average molecular weight is 328 g/mol. The van der Waals surface area contributed by atoms with E-state index in [1.165, 1.54) is 20.9 Å². The Balaban J connectivity index is 1.54. The molecule has 2 heterocycles. The molecule has 0 saturated heterocycles. The number of anilines is 2. The molecule has 0 fully saturated rings. The number of benzene rings is 2. The van der Waals surface area contributed by atoms with E-state index < -0.39 is 0 Å². The van der Waals surface area contributed by atoms with E-state index >= 15 is 0 Å². The van der Waals surface area contributed by atoms with Crippen molar-refractivity contribution in [1.82, 2.24) is 4.98 Å². The van der Waals surface area contributed by atoms with E-state index in [0.29, 0.717) is 0 Å². The van der Waals surface area contributed by atoms with Crippen molar-refractivity contribution >= 4 is 22.7 Å². The van der Waals surface area contributed by atoms with Gasteiger partial charge in [-0.25, -0.2) is 0 Å². The third-order valence-electron chi connectivity index (χ3n) is 3.78. The van der Waals surface area contributed by atoms with Gasteiger partial charge in [-0.3, -0.25) is 4.98 Å². The van der Waals surface area contributed by atoms with Gasteiger partial charge in [0.15, 0.2) is 0 Å². The van der Waals surface area contributed by atoms with Gasteiger partial charge < -0.3 is 5.32 Å². The fraction of sp³-hybridized carbons (Fsp3) is 0. The second kappa shape index (κ2) is 6.69. The van der Waals surface area contributed by atoms with Crippen molar-refractivity contribution in [2.24, 2.45) is 0 Å². The highest BCUT2D eigenvalue weighted by Crippen LogP contribution is 2.34. The summed E-state index contributed by atoms with van der Waals surface area (Å²) in [6.07, 6.45) is 3.59. The lowest BCUT2D eigenvalue weighted by Crippen LogP contribution is -1.89. The van der Waals surface area contributed by atoms with Crippen molar-refractivity contribution in [3.8, 4) is 20.9 Å². The van der Waals surface area contributed by atoms with Crippen LogP contribution < -0.4 is 5.32 Å². The minimum atomic E-state index is 0.993. The van der Waals surface area contributed by atoms with Gasteiger partial charge in [-0.1, -0.05) is 42.5 Å². The Labute approximate surface area is 145 Å². The van der Waals surface area contributed by atoms with Crippen LogP contribution in [0, 0.1) is 0 Å². The molecule has 4 aromatic rings. The first-order valence-electron chi connectivity index (χ1n) is 7.81. The van der Waals surface area contributed by atoms with Gasteiger partial charge in [0, 0.05) is 21.6 Å². The van der Waals surface area contributed by atoms with Crippen LogP contribution in [0.1, 0.15) is 0 Å². The number of pyridine rings is 1. The van der Waals surface area contributed by atoms with Crippen molar-refractivity contribution in [3.63, 3.8) is 0 Å². The number of rotatable bonds is 4. The normalized spacial score (nSPS) is 10.5. The third kappa shape index (κ3) is 3.21. The zero-order valence-electron chi connectivity index (χ0n) is 13.0. The molecule has 0 aliphatic rings. The smallest absolute Gasteiger partial charge is 0.0570 e. The second-order valence-corrected chi connectivity index (χ2v) is 6.56. The lowest BCUT2D eigenvalue weighted by atomic mass is 10.1. The lowest BCUT2D eigenvalue weighted by Gasteiger charge is -2.06. The first-order valence-corrected chi connectivity index (χ1v) is 8.63. The molecule has 2 aromatic heterocycles. The van der Waals surface area contributed by atoms with Crippen LogP contribution in [0.2, 0.25) is 0 Å². The number of hydrogen-bond donors (Lipinski definition) is 1. The number of hydrogen-bond acceptors (Lipinski definition) is 3. The molecule has 0 aliphatic carbocycles. The molecule has 2 nitrogen and oxygen atoms in total. The molecule has 116 valence electrons. The molecule has 0 amide bonds. The van der Waals surface area contributed by atoms with Crippen LogP contribution in [-0.2, 0) is 0 Å². The number of nitrogens with zero attached hydrogens (tertiary/aromatic N) is 1. The van der Waals surface area contributed by atoms with Crippen LogP contribution in [0.25, 0.3) is 20.9 Å². The Kier molecular flexibility index (Phi) is 4.09.